The van der Waals surface area contributed by atoms with Crippen molar-refractivity contribution in [3.8, 4) is 0 Å². The summed E-state index contributed by atoms with van der Waals surface area (Å²) in [6, 6.07) is 9.36. The molecule has 1 heterocycles. The number of sulfonamides is 1. The molecule has 0 bridgehead atoms. The van der Waals surface area contributed by atoms with Gasteiger partial charge >= 0.3 is 0 Å². The molecule has 1 amide bonds. The number of anilines is 1. The van der Waals surface area contributed by atoms with Crippen molar-refractivity contribution in [1.82, 2.24) is 4.31 Å². The highest BCUT2D eigenvalue weighted by molar-refractivity contribution is 7.89. The van der Waals surface area contributed by atoms with Crippen LogP contribution in [0, 0.1) is 12.7 Å². The first-order valence-corrected chi connectivity index (χ1v) is 9.95. The molecule has 2 aromatic carbocycles. The van der Waals surface area contributed by atoms with Crippen LogP contribution in [0.15, 0.2) is 47.4 Å². The molecule has 3 rings (SSSR count). The minimum atomic E-state index is -3.82. The lowest BCUT2D eigenvalue weighted by molar-refractivity contribution is -0.119. The Morgan fingerprint density at radius 2 is 1.92 bits per heavy atom. The van der Waals surface area contributed by atoms with Crippen LogP contribution in [-0.2, 0) is 14.8 Å². The van der Waals surface area contributed by atoms with Crippen LogP contribution >= 0.6 is 11.6 Å². The zero-order chi connectivity index (χ0) is 18.9. The third kappa shape index (κ3) is 3.75. The Balaban J connectivity index is 1.81. The van der Waals surface area contributed by atoms with E-state index in [-0.39, 0.29) is 11.4 Å². The van der Waals surface area contributed by atoms with Crippen molar-refractivity contribution in [3.05, 3.63) is 58.9 Å². The average Bonchev–Trinajstić information content (AvgIpc) is 3.09. The highest BCUT2D eigenvalue weighted by Crippen LogP contribution is 2.28. The van der Waals surface area contributed by atoms with Gasteiger partial charge in [-0.1, -0.05) is 17.7 Å². The maximum absolute atomic E-state index is 13.7. The number of nitrogens with one attached hydrogen (secondary N) is 1. The van der Waals surface area contributed by atoms with E-state index in [9.17, 15) is 17.6 Å². The highest BCUT2D eigenvalue weighted by Gasteiger charge is 2.39. The Morgan fingerprint density at radius 3 is 2.58 bits per heavy atom. The van der Waals surface area contributed by atoms with Gasteiger partial charge in [-0.15, -0.1) is 0 Å². The quantitative estimate of drug-likeness (QED) is 0.858. The van der Waals surface area contributed by atoms with E-state index in [4.69, 9.17) is 11.6 Å². The summed E-state index contributed by atoms with van der Waals surface area (Å²) in [7, 11) is -3.82. The second-order valence-electron chi connectivity index (χ2n) is 6.18. The number of hydrogen-bond donors (Lipinski definition) is 1. The molecule has 1 aliphatic heterocycles. The lowest BCUT2D eigenvalue weighted by atomic mass is 10.2. The van der Waals surface area contributed by atoms with Crippen molar-refractivity contribution >= 4 is 33.2 Å². The Morgan fingerprint density at radius 1 is 1.23 bits per heavy atom. The first-order valence-electron chi connectivity index (χ1n) is 8.13. The van der Waals surface area contributed by atoms with Gasteiger partial charge in [-0.3, -0.25) is 4.79 Å². The van der Waals surface area contributed by atoms with E-state index >= 15 is 0 Å². The molecule has 0 unspecified atom stereocenters. The molecule has 1 fully saturated rings. The Kier molecular flexibility index (Phi) is 5.32. The number of halogens is 2. The Bertz CT molecular complexity index is 932. The molecule has 1 atom stereocenters. The predicted molar refractivity (Wildman–Crippen MR) is 98.1 cm³/mol. The molecule has 0 saturated carbocycles. The lowest BCUT2D eigenvalue weighted by Crippen LogP contribution is -2.43. The van der Waals surface area contributed by atoms with E-state index in [0.29, 0.717) is 29.1 Å². The summed E-state index contributed by atoms with van der Waals surface area (Å²) in [5.41, 5.74) is 0.768. The monoisotopic (exact) mass is 396 g/mol. The van der Waals surface area contributed by atoms with Gasteiger partial charge in [-0.2, -0.15) is 4.31 Å². The minimum absolute atomic E-state index is 0.0861. The number of nitrogens with zero attached hydrogens (tertiary/aromatic N) is 1. The normalized spacial score (nSPS) is 18.0. The summed E-state index contributed by atoms with van der Waals surface area (Å²) in [5, 5.41) is 3.04. The lowest BCUT2D eigenvalue weighted by Gasteiger charge is -2.23. The van der Waals surface area contributed by atoms with Crippen LogP contribution in [0.25, 0.3) is 0 Å². The van der Waals surface area contributed by atoms with Gasteiger partial charge in [-0.05, 0) is 61.7 Å². The number of amides is 1. The van der Waals surface area contributed by atoms with Gasteiger partial charge in [0.2, 0.25) is 15.9 Å². The van der Waals surface area contributed by atoms with Gasteiger partial charge in [0.15, 0.2) is 0 Å². The third-order valence-corrected chi connectivity index (χ3v) is 6.54. The van der Waals surface area contributed by atoms with Crippen LogP contribution < -0.4 is 5.32 Å². The summed E-state index contributed by atoms with van der Waals surface area (Å²) in [6.07, 6.45) is 0.986. The van der Waals surface area contributed by atoms with Crippen molar-refractivity contribution in [2.45, 2.75) is 30.7 Å². The zero-order valence-electron chi connectivity index (χ0n) is 14.1. The van der Waals surface area contributed by atoms with Gasteiger partial charge < -0.3 is 5.32 Å². The SMILES string of the molecule is Cc1ccc(NC(=O)[C@H]2CCCN2S(=O)(=O)c2ccc(Cl)cc2)cc1F. The number of benzene rings is 2. The second kappa shape index (κ2) is 7.34. The Labute approximate surface area is 156 Å². The van der Waals surface area contributed by atoms with Gasteiger partial charge in [0.1, 0.15) is 11.9 Å². The van der Waals surface area contributed by atoms with Gasteiger partial charge in [0.25, 0.3) is 0 Å². The number of carbonyl (C=O) groups excluding carboxylic acids is 1. The van der Waals surface area contributed by atoms with Crippen LogP contribution in [0.5, 0.6) is 0 Å². The van der Waals surface area contributed by atoms with Crippen molar-refractivity contribution in [3.63, 3.8) is 0 Å². The predicted octanol–water partition coefficient (Wildman–Crippen LogP) is 3.58. The fourth-order valence-electron chi connectivity index (χ4n) is 2.93. The molecule has 1 aliphatic rings. The Hall–Kier alpha value is -1.96. The molecule has 1 saturated heterocycles. The average molecular weight is 397 g/mol. The minimum Gasteiger partial charge on any atom is -0.325 e. The number of rotatable bonds is 4. The molecule has 8 heteroatoms. The van der Waals surface area contributed by atoms with Crippen molar-refractivity contribution in [2.24, 2.45) is 0 Å². The van der Waals surface area contributed by atoms with Gasteiger partial charge in [-0.25, -0.2) is 12.8 Å². The van der Waals surface area contributed by atoms with Crippen LogP contribution in [0.1, 0.15) is 18.4 Å². The molecule has 0 aliphatic carbocycles. The topological polar surface area (TPSA) is 66.5 Å². The number of hydrogen-bond acceptors (Lipinski definition) is 3. The molecular formula is C18H18ClFN2O3S. The molecule has 0 radical (unpaired) electrons. The molecule has 1 N–H and O–H groups in total. The smallest absolute Gasteiger partial charge is 0.243 e. The summed E-state index contributed by atoms with van der Waals surface area (Å²) in [5.74, 6) is -0.900. The zero-order valence-corrected chi connectivity index (χ0v) is 15.6. The largest absolute Gasteiger partial charge is 0.325 e. The van der Waals surface area contributed by atoms with Crippen LogP contribution in [0.2, 0.25) is 5.02 Å². The van der Waals surface area contributed by atoms with Crippen molar-refractivity contribution in [2.75, 3.05) is 11.9 Å². The molecule has 0 spiro atoms. The van der Waals surface area contributed by atoms with Gasteiger partial charge in [0, 0.05) is 17.3 Å². The standard InChI is InChI=1S/C18H18ClFN2O3S/c1-12-4-7-14(11-16(12)20)21-18(23)17-3-2-10-22(17)26(24,25)15-8-5-13(19)6-9-15/h4-9,11,17H,2-3,10H2,1H3,(H,21,23)/t17-/m1/s1. The van der Waals surface area contributed by atoms with Gasteiger partial charge in [0.05, 0.1) is 4.90 Å². The number of carbonyl (C=O) groups is 1. The van der Waals surface area contributed by atoms with E-state index in [1.165, 1.54) is 34.6 Å². The van der Waals surface area contributed by atoms with E-state index < -0.39 is 27.8 Å². The molecular weight excluding hydrogens is 379 g/mol. The molecule has 138 valence electrons. The van der Waals surface area contributed by atoms with Crippen LogP contribution in [0.3, 0.4) is 0 Å². The van der Waals surface area contributed by atoms with E-state index in [1.54, 1.807) is 19.1 Å². The third-order valence-electron chi connectivity index (χ3n) is 4.37. The molecule has 2 aromatic rings. The van der Waals surface area contributed by atoms with Crippen LogP contribution in [0.4, 0.5) is 10.1 Å². The fourth-order valence-corrected chi connectivity index (χ4v) is 4.71. The first kappa shape index (κ1) is 18.8. The molecule has 26 heavy (non-hydrogen) atoms. The summed E-state index contributed by atoms with van der Waals surface area (Å²) in [6.45, 7) is 1.88. The van der Waals surface area contributed by atoms with Crippen LogP contribution in [-0.4, -0.2) is 31.2 Å². The van der Waals surface area contributed by atoms with E-state index in [0.717, 1.165) is 0 Å². The van der Waals surface area contributed by atoms with E-state index in [2.05, 4.69) is 5.32 Å². The van der Waals surface area contributed by atoms with Crippen molar-refractivity contribution < 1.29 is 17.6 Å². The maximum atomic E-state index is 13.7. The number of aryl methyl sites for hydroxylation is 1. The molecule has 0 aromatic heterocycles. The fraction of sp³-hybridized carbons (Fsp3) is 0.278. The first-order chi connectivity index (χ1) is 12.3. The maximum Gasteiger partial charge on any atom is 0.243 e. The van der Waals surface area contributed by atoms with E-state index in [1.807, 2.05) is 0 Å². The summed E-state index contributed by atoms with van der Waals surface area (Å²) in [4.78, 5) is 12.7. The molecule has 5 nitrogen and oxygen atoms in total. The van der Waals surface area contributed by atoms with Crippen molar-refractivity contribution in [1.29, 1.82) is 0 Å². The summed E-state index contributed by atoms with van der Waals surface area (Å²) >= 11 is 5.81. The highest BCUT2D eigenvalue weighted by atomic mass is 35.5. The second-order valence-corrected chi connectivity index (χ2v) is 8.51. The summed E-state index contributed by atoms with van der Waals surface area (Å²) < 4.78 is 40.6.